The molecular formula is C18H21NO2. The standard InChI is InChI=1S/C18H21NO2/c1-14(16-10-6-7-11-17(16)21-2)12-18(20)19-13-15-8-4-3-5-9-15/h3-11,14H,12-13H2,1-2H3,(H,19,20)/t14-/m0/s1. The molecule has 0 aliphatic rings. The molecular weight excluding hydrogens is 262 g/mol. The summed E-state index contributed by atoms with van der Waals surface area (Å²) in [4.78, 5) is 12.0. The van der Waals surface area contributed by atoms with Gasteiger partial charge in [0.25, 0.3) is 0 Å². The first-order valence-corrected chi connectivity index (χ1v) is 7.14. The van der Waals surface area contributed by atoms with Gasteiger partial charge in [-0.2, -0.15) is 0 Å². The largest absolute Gasteiger partial charge is 0.496 e. The monoisotopic (exact) mass is 283 g/mol. The van der Waals surface area contributed by atoms with Crippen LogP contribution in [-0.2, 0) is 11.3 Å². The van der Waals surface area contributed by atoms with Crippen molar-refractivity contribution in [3.05, 3.63) is 65.7 Å². The number of nitrogens with one attached hydrogen (secondary N) is 1. The van der Waals surface area contributed by atoms with Crippen LogP contribution in [0.3, 0.4) is 0 Å². The van der Waals surface area contributed by atoms with Crippen molar-refractivity contribution in [1.29, 1.82) is 0 Å². The summed E-state index contributed by atoms with van der Waals surface area (Å²) in [6.07, 6.45) is 0.452. The van der Waals surface area contributed by atoms with E-state index in [0.717, 1.165) is 16.9 Å². The molecule has 0 saturated carbocycles. The summed E-state index contributed by atoms with van der Waals surface area (Å²) in [5, 5.41) is 2.96. The third kappa shape index (κ3) is 4.35. The van der Waals surface area contributed by atoms with E-state index in [1.165, 1.54) is 0 Å². The van der Waals surface area contributed by atoms with Crippen molar-refractivity contribution < 1.29 is 9.53 Å². The molecule has 3 heteroatoms. The number of carbonyl (C=O) groups excluding carboxylic acids is 1. The number of hydrogen-bond donors (Lipinski definition) is 1. The van der Waals surface area contributed by atoms with Crippen LogP contribution in [-0.4, -0.2) is 13.0 Å². The zero-order valence-corrected chi connectivity index (χ0v) is 12.5. The maximum Gasteiger partial charge on any atom is 0.220 e. The Hall–Kier alpha value is -2.29. The van der Waals surface area contributed by atoms with E-state index in [2.05, 4.69) is 5.32 Å². The van der Waals surface area contributed by atoms with Crippen LogP contribution in [0, 0.1) is 0 Å². The zero-order chi connectivity index (χ0) is 15.1. The summed E-state index contributed by atoms with van der Waals surface area (Å²) in [6, 6.07) is 17.8. The van der Waals surface area contributed by atoms with Crippen LogP contribution in [0.5, 0.6) is 5.75 Å². The molecule has 0 spiro atoms. The summed E-state index contributed by atoms with van der Waals surface area (Å²) in [5.41, 5.74) is 2.17. The molecule has 2 aromatic rings. The third-order valence-corrected chi connectivity index (χ3v) is 3.49. The van der Waals surface area contributed by atoms with Crippen LogP contribution in [0.15, 0.2) is 54.6 Å². The predicted molar refractivity (Wildman–Crippen MR) is 84.3 cm³/mol. The van der Waals surface area contributed by atoms with Crippen molar-refractivity contribution >= 4 is 5.91 Å². The predicted octanol–water partition coefficient (Wildman–Crippen LogP) is 3.51. The van der Waals surface area contributed by atoms with Gasteiger partial charge in [-0.3, -0.25) is 4.79 Å². The van der Waals surface area contributed by atoms with Crippen molar-refractivity contribution in [1.82, 2.24) is 5.32 Å². The highest BCUT2D eigenvalue weighted by Crippen LogP contribution is 2.28. The normalized spacial score (nSPS) is 11.7. The first kappa shape index (κ1) is 15.1. The van der Waals surface area contributed by atoms with Crippen LogP contribution in [0.4, 0.5) is 0 Å². The minimum atomic E-state index is 0.0530. The van der Waals surface area contributed by atoms with Crippen LogP contribution >= 0.6 is 0 Å². The smallest absolute Gasteiger partial charge is 0.220 e. The highest BCUT2D eigenvalue weighted by molar-refractivity contribution is 5.77. The average molecular weight is 283 g/mol. The van der Waals surface area contributed by atoms with Crippen molar-refractivity contribution in [3.63, 3.8) is 0 Å². The van der Waals surface area contributed by atoms with E-state index in [0.29, 0.717) is 13.0 Å². The Morgan fingerprint density at radius 2 is 1.76 bits per heavy atom. The van der Waals surface area contributed by atoms with Crippen molar-refractivity contribution in [3.8, 4) is 5.75 Å². The van der Waals surface area contributed by atoms with Gasteiger partial charge in [-0.15, -0.1) is 0 Å². The van der Waals surface area contributed by atoms with E-state index < -0.39 is 0 Å². The molecule has 1 atom stereocenters. The molecule has 0 saturated heterocycles. The number of para-hydroxylation sites is 1. The van der Waals surface area contributed by atoms with E-state index in [4.69, 9.17) is 4.74 Å². The fraction of sp³-hybridized carbons (Fsp3) is 0.278. The van der Waals surface area contributed by atoms with Crippen LogP contribution in [0.1, 0.15) is 30.4 Å². The zero-order valence-electron chi connectivity index (χ0n) is 12.5. The summed E-state index contributed by atoms with van der Waals surface area (Å²) in [6.45, 7) is 2.61. The van der Waals surface area contributed by atoms with Crippen LogP contribution in [0.25, 0.3) is 0 Å². The average Bonchev–Trinajstić information content (AvgIpc) is 2.53. The summed E-state index contributed by atoms with van der Waals surface area (Å²) in [5.74, 6) is 1.01. The fourth-order valence-corrected chi connectivity index (χ4v) is 2.33. The Bertz CT molecular complexity index is 581. The molecule has 0 aromatic heterocycles. The summed E-state index contributed by atoms with van der Waals surface area (Å²) >= 11 is 0. The lowest BCUT2D eigenvalue weighted by molar-refractivity contribution is -0.121. The minimum absolute atomic E-state index is 0.0530. The van der Waals surface area contributed by atoms with E-state index in [1.54, 1.807) is 7.11 Å². The van der Waals surface area contributed by atoms with Gasteiger partial charge in [-0.1, -0.05) is 55.5 Å². The second-order valence-electron chi connectivity index (χ2n) is 5.11. The number of ether oxygens (including phenoxy) is 1. The van der Waals surface area contributed by atoms with Gasteiger partial charge in [-0.25, -0.2) is 0 Å². The molecule has 2 rings (SSSR count). The lowest BCUT2D eigenvalue weighted by Crippen LogP contribution is -2.24. The Morgan fingerprint density at radius 1 is 1.10 bits per heavy atom. The number of amides is 1. The quantitative estimate of drug-likeness (QED) is 0.881. The fourth-order valence-electron chi connectivity index (χ4n) is 2.33. The Kier molecular flexibility index (Phi) is 5.38. The number of methoxy groups -OCH3 is 1. The van der Waals surface area contributed by atoms with E-state index in [-0.39, 0.29) is 11.8 Å². The van der Waals surface area contributed by atoms with Gasteiger partial charge in [0.15, 0.2) is 0 Å². The molecule has 110 valence electrons. The molecule has 1 N–H and O–H groups in total. The van der Waals surface area contributed by atoms with Gasteiger partial charge < -0.3 is 10.1 Å². The van der Waals surface area contributed by atoms with Gasteiger partial charge in [0.2, 0.25) is 5.91 Å². The van der Waals surface area contributed by atoms with Gasteiger partial charge >= 0.3 is 0 Å². The molecule has 0 radical (unpaired) electrons. The molecule has 1 amide bonds. The topological polar surface area (TPSA) is 38.3 Å². The molecule has 0 bridgehead atoms. The van der Waals surface area contributed by atoms with Gasteiger partial charge in [0, 0.05) is 13.0 Å². The van der Waals surface area contributed by atoms with Crippen LogP contribution < -0.4 is 10.1 Å². The Morgan fingerprint density at radius 3 is 2.48 bits per heavy atom. The molecule has 0 heterocycles. The van der Waals surface area contributed by atoms with Gasteiger partial charge in [0.05, 0.1) is 7.11 Å². The SMILES string of the molecule is COc1ccccc1[C@@H](C)CC(=O)NCc1ccccc1. The molecule has 2 aromatic carbocycles. The van der Waals surface area contributed by atoms with E-state index >= 15 is 0 Å². The Balaban J connectivity index is 1.90. The molecule has 0 unspecified atom stereocenters. The van der Waals surface area contributed by atoms with Crippen molar-refractivity contribution in [2.75, 3.05) is 7.11 Å². The van der Waals surface area contributed by atoms with E-state index in [1.807, 2.05) is 61.5 Å². The maximum absolute atomic E-state index is 12.0. The van der Waals surface area contributed by atoms with Gasteiger partial charge in [-0.05, 0) is 23.1 Å². The number of rotatable bonds is 6. The molecule has 0 aliphatic carbocycles. The van der Waals surface area contributed by atoms with E-state index in [9.17, 15) is 4.79 Å². The van der Waals surface area contributed by atoms with Gasteiger partial charge in [0.1, 0.15) is 5.75 Å². The third-order valence-electron chi connectivity index (χ3n) is 3.49. The Labute approximate surface area is 126 Å². The molecule has 0 aliphatic heterocycles. The van der Waals surface area contributed by atoms with Crippen molar-refractivity contribution in [2.24, 2.45) is 0 Å². The highest BCUT2D eigenvalue weighted by atomic mass is 16.5. The highest BCUT2D eigenvalue weighted by Gasteiger charge is 2.14. The number of hydrogen-bond acceptors (Lipinski definition) is 2. The summed E-state index contributed by atoms with van der Waals surface area (Å²) in [7, 11) is 1.65. The molecule has 0 fully saturated rings. The lowest BCUT2D eigenvalue weighted by atomic mass is 9.96. The first-order valence-electron chi connectivity index (χ1n) is 7.14. The second-order valence-corrected chi connectivity index (χ2v) is 5.11. The number of carbonyl (C=O) groups is 1. The first-order chi connectivity index (χ1) is 10.2. The number of benzene rings is 2. The minimum Gasteiger partial charge on any atom is -0.496 e. The van der Waals surface area contributed by atoms with Crippen LogP contribution in [0.2, 0.25) is 0 Å². The lowest BCUT2D eigenvalue weighted by Gasteiger charge is -2.15. The molecule has 3 nitrogen and oxygen atoms in total. The van der Waals surface area contributed by atoms with Crippen molar-refractivity contribution in [2.45, 2.75) is 25.8 Å². The maximum atomic E-state index is 12.0. The molecule has 21 heavy (non-hydrogen) atoms. The second kappa shape index (κ2) is 7.48. The summed E-state index contributed by atoms with van der Waals surface area (Å²) < 4.78 is 5.35.